The normalized spacial score (nSPS) is 22.1. The molecule has 1 N–H and O–H groups in total. The van der Waals surface area contributed by atoms with E-state index in [1.165, 1.54) is 0 Å². The number of hydrogen-bond donors (Lipinski definition) is 1. The minimum absolute atomic E-state index is 0.105. The Morgan fingerprint density at radius 2 is 2.15 bits per heavy atom. The molecule has 27 heavy (non-hydrogen) atoms. The van der Waals surface area contributed by atoms with Gasteiger partial charge in [0.25, 0.3) is 0 Å². The number of benzene rings is 1. The first kappa shape index (κ1) is 19.3. The molecule has 0 radical (unpaired) electrons. The fourth-order valence-electron chi connectivity index (χ4n) is 3.76. The van der Waals surface area contributed by atoms with E-state index in [4.69, 9.17) is 9.47 Å². The zero-order valence-electron chi connectivity index (χ0n) is 16.2. The van der Waals surface area contributed by atoms with Crippen molar-refractivity contribution in [2.45, 2.75) is 38.2 Å². The van der Waals surface area contributed by atoms with E-state index >= 15 is 0 Å². The monoisotopic (exact) mass is 375 g/mol. The van der Waals surface area contributed by atoms with Crippen LogP contribution in [0.2, 0.25) is 0 Å². The standard InChI is InChI=1S/C20H29N3O4/c1-3-13-26-17-8-5-4-7-16(17)9-11-21-18(24)23-12-6-10-20(15-23)14-22(2)19(25)27-20/h4-5,7-8H,3,6,9-15H2,1-2H3,(H,21,24)/t20-/m0/s1. The molecule has 2 heterocycles. The van der Waals surface area contributed by atoms with Crippen LogP contribution in [0, 0.1) is 0 Å². The van der Waals surface area contributed by atoms with Crippen molar-refractivity contribution in [3.63, 3.8) is 0 Å². The van der Waals surface area contributed by atoms with Crippen LogP contribution in [-0.4, -0.2) is 67.4 Å². The van der Waals surface area contributed by atoms with E-state index in [9.17, 15) is 9.59 Å². The van der Waals surface area contributed by atoms with Crippen molar-refractivity contribution in [2.75, 3.05) is 39.8 Å². The number of hydrogen-bond acceptors (Lipinski definition) is 4. The molecule has 1 spiro atoms. The predicted molar refractivity (Wildman–Crippen MR) is 102 cm³/mol. The Hall–Kier alpha value is -2.44. The summed E-state index contributed by atoms with van der Waals surface area (Å²) >= 11 is 0. The van der Waals surface area contributed by atoms with Gasteiger partial charge in [0.1, 0.15) is 11.4 Å². The van der Waals surface area contributed by atoms with Crippen molar-refractivity contribution in [2.24, 2.45) is 0 Å². The Kier molecular flexibility index (Phi) is 6.08. The van der Waals surface area contributed by atoms with E-state index in [0.29, 0.717) is 39.2 Å². The molecule has 1 aromatic rings. The van der Waals surface area contributed by atoms with Gasteiger partial charge in [-0.05, 0) is 37.3 Å². The number of rotatable bonds is 6. The van der Waals surface area contributed by atoms with Crippen molar-refractivity contribution < 1.29 is 19.1 Å². The molecule has 1 aromatic carbocycles. The highest BCUT2D eigenvalue weighted by molar-refractivity contribution is 5.75. The van der Waals surface area contributed by atoms with Crippen molar-refractivity contribution in [3.05, 3.63) is 29.8 Å². The molecule has 1 atom stereocenters. The van der Waals surface area contributed by atoms with Crippen molar-refractivity contribution >= 4 is 12.1 Å². The summed E-state index contributed by atoms with van der Waals surface area (Å²) in [6.45, 7) is 4.97. The van der Waals surface area contributed by atoms with Crippen molar-refractivity contribution in [1.29, 1.82) is 0 Å². The van der Waals surface area contributed by atoms with Crippen LogP contribution >= 0.6 is 0 Å². The first-order valence-corrected chi connectivity index (χ1v) is 9.70. The third-order valence-electron chi connectivity index (χ3n) is 5.07. The van der Waals surface area contributed by atoms with Crippen molar-refractivity contribution in [3.8, 4) is 5.75 Å². The molecule has 3 amide bonds. The number of carbonyl (C=O) groups excluding carboxylic acids is 2. The SMILES string of the molecule is CCCOc1ccccc1CCNC(=O)N1CCC[C@]2(CN(C)C(=O)O2)C1. The summed E-state index contributed by atoms with van der Waals surface area (Å²) in [6.07, 6.45) is 3.00. The Morgan fingerprint density at radius 3 is 2.89 bits per heavy atom. The Bertz CT molecular complexity index is 681. The summed E-state index contributed by atoms with van der Waals surface area (Å²) in [7, 11) is 1.73. The number of urea groups is 1. The molecule has 7 heteroatoms. The molecule has 0 aliphatic carbocycles. The third-order valence-corrected chi connectivity index (χ3v) is 5.07. The van der Waals surface area contributed by atoms with Crippen LogP contribution in [0.1, 0.15) is 31.7 Å². The maximum Gasteiger partial charge on any atom is 0.410 e. The molecule has 7 nitrogen and oxygen atoms in total. The van der Waals surface area contributed by atoms with E-state index < -0.39 is 5.60 Å². The van der Waals surface area contributed by atoms with Crippen molar-refractivity contribution in [1.82, 2.24) is 15.1 Å². The second-order valence-electron chi connectivity index (χ2n) is 7.37. The van der Waals surface area contributed by atoms with Gasteiger partial charge in [0.2, 0.25) is 0 Å². The van der Waals surface area contributed by atoms with Crippen LogP contribution in [0.15, 0.2) is 24.3 Å². The van der Waals surface area contributed by atoms with Gasteiger partial charge in [0, 0.05) is 20.1 Å². The van der Waals surface area contributed by atoms with E-state index in [0.717, 1.165) is 30.6 Å². The summed E-state index contributed by atoms with van der Waals surface area (Å²) in [5.41, 5.74) is 0.537. The predicted octanol–water partition coefficient (Wildman–Crippen LogP) is 2.64. The van der Waals surface area contributed by atoms with Gasteiger partial charge >= 0.3 is 12.1 Å². The number of likely N-dealkylation sites (tertiary alicyclic amines) is 1. The summed E-state index contributed by atoms with van der Waals surface area (Å²) in [5.74, 6) is 0.881. The van der Waals surface area contributed by atoms with E-state index in [-0.39, 0.29) is 12.1 Å². The maximum absolute atomic E-state index is 12.6. The fraction of sp³-hybridized carbons (Fsp3) is 0.600. The molecule has 148 valence electrons. The second-order valence-corrected chi connectivity index (χ2v) is 7.37. The molecule has 0 unspecified atom stereocenters. The number of carbonyl (C=O) groups is 2. The molecular weight excluding hydrogens is 346 g/mol. The molecule has 2 aliphatic rings. The quantitative estimate of drug-likeness (QED) is 0.830. The number of ether oxygens (including phenoxy) is 2. The van der Waals surface area contributed by atoms with Gasteiger partial charge in [0.05, 0.1) is 19.7 Å². The Morgan fingerprint density at radius 1 is 1.33 bits per heavy atom. The first-order valence-electron chi connectivity index (χ1n) is 9.70. The lowest BCUT2D eigenvalue weighted by Gasteiger charge is -2.38. The number of para-hydroxylation sites is 1. The maximum atomic E-state index is 12.6. The van der Waals surface area contributed by atoms with Crippen LogP contribution in [0.4, 0.5) is 9.59 Å². The molecule has 2 aliphatic heterocycles. The topological polar surface area (TPSA) is 71.1 Å². The van der Waals surface area contributed by atoms with Gasteiger partial charge in [-0.3, -0.25) is 0 Å². The molecule has 0 aromatic heterocycles. The smallest absolute Gasteiger partial charge is 0.410 e. The van der Waals surface area contributed by atoms with Crippen LogP contribution in [-0.2, 0) is 11.2 Å². The molecule has 2 saturated heterocycles. The number of nitrogens with zero attached hydrogens (tertiary/aromatic N) is 2. The largest absolute Gasteiger partial charge is 0.493 e. The fourth-order valence-corrected chi connectivity index (χ4v) is 3.76. The van der Waals surface area contributed by atoms with Crippen LogP contribution in [0.5, 0.6) is 5.75 Å². The number of likely N-dealkylation sites (N-methyl/N-ethyl adjacent to an activating group) is 1. The number of nitrogens with one attached hydrogen (secondary N) is 1. The zero-order chi connectivity index (χ0) is 19.3. The molecule has 2 fully saturated rings. The molecule has 0 saturated carbocycles. The Balaban J connectivity index is 1.50. The van der Waals surface area contributed by atoms with Crippen LogP contribution in [0.3, 0.4) is 0 Å². The summed E-state index contributed by atoms with van der Waals surface area (Å²) in [6, 6.07) is 7.83. The van der Waals surface area contributed by atoms with Gasteiger partial charge < -0.3 is 24.6 Å². The lowest BCUT2D eigenvalue weighted by atomic mass is 9.93. The minimum atomic E-state index is -0.554. The summed E-state index contributed by atoms with van der Waals surface area (Å²) in [5, 5.41) is 2.99. The summed E-state index contributed by atoms with van der Waals surface area (Å²) in [4.78, 5) is 27.6. The van der Waals surface area contributed by atoms with Crippen LogP contribution in [0.25, 0.3) is 0 Å². The third kappa shape index (κ3) is 4.64. The number of piperidine rings is 1. The summed E-state index contributed by atoms with van der Waals surface area (Å²) < 4.78 is 11.3. The van der Waals surface area contributed by atoms with Gasteiger partial charge in [-0.2, -0.15) is 0 Å². The van der Waals surface area contributed by atoms with Gasteiger partial charge in [-0.15, -0.1) is 0 Å². The lowest BCUT2D eigenvalue weighted by Crippen LogP contribution is -2.54. The highest BCUT2D eigenvalue weighted by Crippen LogP contribution is 2.31. The average Bonchev–Trinajstić information content (AvgIpc) is 2.93. The van der Waals surface area contributed by atoms with E-state index in [2.05, 4.69) is 12.2 Å². The second kappa shape index (κ2) is 8.50. The van der Waals surface area contributed by atoms with Gasteiger partial charge in [-0.1, -0.05) is 25.1 Å². The average molecular weight is 375 g/mol. The first-order chi connectivity index (χ1) is 13.0. The number of amides is 3. The molecular formula is C20H29N3O4. The minimum Gasteiger partial charge on any atom is -0.493 e. The van der Waals surface area contributed by atoms with E-state index in [1.54, 1.807) is 16.8 Å². The highest BCUT2D eigenvalue weighted by atomic mass is 16.6. The van der Waals surface area contributed by atoms with E-state index in [1.807, 2.05) is 24.3 Å². The molecule has 3 rings (SSSR count). The zero-order valence-corrected chi connectivity index (χ0v) is 16.2. The van der Waals surface area contributed by atoms with Crippen LogP contribution < -0.4 is 10.1 Å². The van der Waals surface area contributed by atoms with Gasteiger partial charge in [0.15, 0.2) is 0 Å². The van der Waals surface area contributed by atoms with Gasteiger partial charge in [-0.25, -0.2) is 9.59 Å². The molecule has 0 bridgehead atoms. The lowest BCUT2D eigenvalue weighted by molar-refractivity contribution is 0.00325. The highest BCUT2D eigenvalue weighted by Gasteiger charge is 2.47. The Labute approximate surface area is 160 Å².